The van der Waals surface area contributed by atoms with Crippen LogP contribution in [0.25, 0.3) is 5.82 Å². The molecule has 0 radical (unpaired) electrons. The number of rotatable bonds is 4. The van der Waals surface area contributed by atoms with E-state index in [-0.39, 0.29) is 35.7 Å². The Morgan fingerprint density at radius 3 is 2.30 bits per heavy atom. The van der Waals surface area contributed by atoms with E-state index < -0.39 is 22.6 Å². The number of fused-ring (bicyclic) bond motifs is 3. The van der Waals surface area contributed by atoms with Crippen LogP contribution in [-0.4, -0.2) is 16.3 Å². The topological polar surface area (TPSA) is 69.3 Å². The van der Waals surface area contributed by atoms with Gasteiger partial charge < -0.3 is 9.47 Å². The number of para-hydroxylation sites is 1. The molecular formula is C36H28F2N4O2. The lowest BCUT2D eigenvalue weighted by atomic mass is 9.60. The van der Waals surface area contributed by atoms with Crippen molar-refractivity contribution in [1.29, 1.82) is 5.26 Å². The van der Waals surface area contributed by atoms with Crippen molar-refractivity contribution in [2.24, 2.45) is 5.41 Å². The van der Waals surface area contributed by atoms with Crippen molar-refractivity contribution in [2.45, 2.75) is 38.6 Å². The number of hydrogen-bond donors (Lipinski definition) is 0. The van der Waals surface area contributed by atoms with E-state index >= 15 is 4.79 Å². The highest BCUT2D eigenvalue weighted by atomic mass is 19.1. The number of amides is 1. The molecule has 3 aliphatic rings. The average molecular weight is 587 g/mol. The second-order valence-corrected chi connectivity index (χ2v) is 12.3. The first-order valence-electron chi connectivity index (χ1n) is 14.4. The summed E-state index contributed by atoms with van der Waals surface area (Å²) in [7, 11) is 0. The molecule has 1 amide bonds. The zero-order valence-electron chi connectivity index (χ0n) is 24.2. The minimum atomic E-state index is -1.74. The van der Waals surface area contributed by atoms with Crippen LogP contribution in [0.4, 0.5) is 20.2 Å². The Hall–Kier alpha value is -5.29. The second-order valence-electron chi connectivity index (χ2n) is 12.3. The van der Waals surface area contributed by atoms with E-state index in [0.29, 0.717) is 40.4 Å². The molecule has 44 heavy (non-hydrogen) atoms. The number of hydrogen-bond acceptors (Lipinski definition) is 4. The molecule has 0 unspecified atom stereocenters. The van der Waals surface area contributed by atoms with Gasteiger partial charge in [0, 0.05) is 41.3 Å². The number of ketones is 1. The Balaban J connectivity index is 1.58. The largest absolute Gasteiger partial charge is 0.309 e. The van der Waals surface area contributed by atoms with E-state index in [0.717, 1.165) is 0 Å². The molecule has 2 aliphatic heterocycles. The number of carbonyl (C=O) groups excluding carboxylic acids is 2. The Kier molecular flexibility index (Phi) is 6.19. The highest BCUT2D eigenvalue weighted by molar-refractivity contribution is 6.22. The molecule has 0 saturated heterocycles. The number of allylic oxidation sites excluding steroid dienone is 1. The molecule has 0 saturated carbocycles. The number of benzene rings is 3. The third-order valence-electron chi connectivity index (χ3n) is 8.75. The highest BCUT2D eigenvalue weighted by Gasteiger charge is 2.63. The van der Waals surface area contributed by atoms with Crippen LogP contribution in [-0.2, 0) is 21.5 Å². The quantitative estimate of drug-likeness (QED) is 0.256. The zero-order chi connectivity index (χ0) is 30.8. The maximum absolute atomic E-state index is 15.1. The SMILES string of the molecule is CC1(C)CC(=O)C2=C(C1)N(c1cccc(F)c1)C(n1cccc1)=C(C#N)[C@@]21C(=O)N(Cc2ccc(F)cc2)c2ccccc21. The average Bonchev–Trinajstić information content (AvgIpc) is 3.60. The summed E-state index contributed by atoms with van der Waals surface area (Å²) in [4.78, 5) is 33.0. The molecule has 7 rings (SSSR count). The molecular weight excluding hydrogens is 558 g/mol. The molecule has 6 nitrogen and oxygen atoms in total. The lowest BCUT2D eigenvalue weighted by molar-refractivity contribution is -0.125. The van der Waals surface area contributed by atoms with Gasteiger partial charge in [0.05, 0.1) is 17.8 Å². The molecule has 0 fully saturated rings. The molecule has 4 aromatic rings. The summed E-state index contributed by atoms with van der Waals surface area (Å²) >= 11 is 0. The maximum atomic E-state index is 15.1. The van der Waals surface area contributed by atoms with Crippen molar-refractivity contribution >= 4 is 28.9 Å². The van der Waals surface area contributed by atoms with Crippen LogP contribution >= 0.6 is 0 Å². The smallest absolute Gasteiger partial charge is 0.248 e. The Bertz CT molecular complexity index is 1950. The molecule has 1 aromatic heterocycles. The van der Waals surface area contributed by atoms with Crippen molar-refractivity contribution in [1.82, 2.24) is 4.57 Å². The maximum Gasteiger partial charge on any atom is 0.248 e. The summed E-state index contributed by atoms with van der Waals surface area (Å²) in [5.41, 5.74) is 0.917. The van der Waals surface area contributed by atoms with Crippen molar-refractivity contribution in [3.63, 3.8) is 0 Å². The van der Waals surface area contributed by atoms with E-state index in [2.05, 4.69) is 6.07 Å². The first kappa shape index (κ1) is 27.5. The predicted octanol–water partition coefficient (Wildman–Crippen LogP) is 7.11. The van der Waals surface area contributed by atoms with Crippen LogP contribution in [0, 0.1) is 28.4 Å². The van der Waals surface area contributed by atoms with E-state index in [1.165, 1.54) is 24.3 Å². The first-order chi connectivity index (χ1) is 21.2. The van der Waals surface area contributed by atoms with Gasteiger partial charge in [-0.2, -0.15) is 5.26 Å². The normalized spacial score (nSPS) is 20.7. The van der Waals surface area contributed by atoms with Gasteiger partial charge in [0.15, 0.2) is 5.78 Å². The Morgan fingerprint density at radius 1 is 0.864 bits per heavy atom. The van der Waals surface area contributed by atoms with Crippen LogP contribution in [0.15, 0.2) is 114 Å². The summed E-state index contributed by atoms with van der Waals surface area (Å²) < 4.78 is 30.3. The van der Waals surface area contributed by atoms with Gasteiger partial charge in [0.1, 0.15) is 28.9 Å². The van der Waals surface area contributed by atoms with Crippen LogP contribution in [0.1, 0.15) is 37.8 Å². The zero-order valence-corrected chi connectivity index (χ0v) is 24.2. The van der Waals surface area contributed by atoms with Crippen molar-refractivity contribution in [2.75, 3.05) is 9.80 Å². The number of nitrogens with zero attached hydrogens (tertiary/aromatic N) is 4. The minimum absolute atomic E-state index is 0.0730. The van der Waals surface area contributed by atoms with Gasteiger partial charge >= 0.3 is 0 Å². The number of halogens is 2. The lowest BCUT2D eigenvalue weighted by Crippen LogP contribution is -2.52. The van der Waals surface area contributed by atoms with Crippen molar-refractivity contribution in [3.8, 4) is 6.07 Å². The van der Waals surface area contributed by atoms with Crippen LogP contribution in [0.5, 0.6) is 0 Å². The fourth-order valence-corrected chi connectivity index (χ4v) is 7.05. The molecule has 0 bridgehead atoms. The number of anilines is 2. The van der Waals surface area contributed by atoms with Crippen LogP contribution in [0.2, 0.25) is 0 Å². The van der Waals surface area contributed by atoms with E-state index in [9.17, 15) is 18.8 Å². The fraction of sp³-hybridized carbons (Fsp3) is 0.194. The standard InChI is InChI=1S/C36H28F2N4O2/c1-35(2)19-30-32(31(43)20-35)36(27-10-3-4-11-29(27)41(34(36)44)22-23-12-14-24(37)15-13-23)28(21-39)33(40-16-5-6-17-40)42(30)26-9-7-8-25(38)18-26/h3-18H,19-20,22H2,1-2H3/t36-/m1/s1. The number of Topliss-reactive ketones (excluding diaryl/α,β-unsaturated/α-hetero) is 1. The second kappa shape index (κ2) is 9.88. The van der Waals surface area contributed by atoms with Crippen molar-refractivity contribution in [3.05, 3.63) is 137 Å². The number of nitriles is 1. The highest BCUT2D eigenvalue weighted by Crippen LogP contribution is 2.59. The summed E-state index contributed by atoms with van der Waals surface area (Å²) in [6.45, 7) is 4.11. The van der Waals surface area contributed by atoms with Gasteiger partial charge in [-0.05, 0) is 65.9 Å². The Morgan fingerprint density at radius 2 is 1.59 bits per heavy atom. The minimum Gasteiger partial charge on any atom is -0.309 e. The van der Waals surface area contributed by atoms with E-state index in [4.69, 9.17) is 0 Å². The third kappa shape index (κ3) is 3.96. The molecule has 3 aromatic carbocycles. The molecule has 218 valence electrons. The number of aromatic nitrogens is 1. The van der Waals surface area contributed by atoms with Crippen molar-refractivity contribution < 1.29 is 18.4 Å². The van der Waals surface area contributed by atoms with Crippen LogP contribution in [0.3, 0.4) is 0 Å². The molecule has 8 heteroatoms. The van der Waals surface area contributed by atoms with Gasteiger partial charge in [0.25, 0.3) is 0 Å². The third-order valence-corrected chi connectivity index (χ3v) is 8.75. The van der Waals surface area contributed by atoms with Gasteiger partial charge in [-0.25, -0.2) is 8.78 Å². The van der Waals surface area contributed by atoms with E-state index in [1.54, 1.807) is 63.2 Å². The lowest BCUT2D eigenvalue weighted by Gasteiger charge is -2.47. The van der Waals surface area contributed by atoms with E-state index in [1.807, 2.05) is 38.1 Å². The predicted molar refractivity (Wildman–Crippen MR) is 163 cm³/mol. The molecule has 1 spiro atoms. The van der Waals surface area contributed by atoms with Crippen LogP contribution < -0.4 is 9.80 Å². The first-order valence-corrected chi connectivity index (χ1v) is 14.4. The fourth-order valence-electron chi connectivity index (χ4n) is 7.05. The number of carbonyl (C=O) groups is 2. The molecule has 1 aliphatic carbocycles. The molecule has 1 atom stereocenters. The van der Waals surface area contributed by atoms with Gasteiger partial charge in [-0.1, -0.05) is 50.2 Å². The summed E-state index contributed by atoms with van der Waals surface area (Å²) in [5.74, 6) is -1.16. The molecule has 3 heterocycles. The summed E-state index contributed by atoms with van der Waals surface area (Å²) in [6.07, 6.45) is 4.13. The monoisotopic (exact) mass is 586 g/mol. The summed E-state index contributed by atoms with van der Waals surface area (Å²) in [5, 5.41) is 11.1. The van der Waals surface area contributed by atoms with Gasteiger partial charge in [-0.3, -0.25) is 14.5 Å². The Labute approximate surface area is 253 Å². The van der Waals surface area contributed by atoms with Gasteiger partial charge in [-0.15, -0.1) is 0 Å². The molecule has 0 N–H and O–H groups in total. The van der Waals surface area contributed by atoms with Gasteiger partial charge in [0.2, 0.25) is 5.91 Å². The summed E-state index contributed by atoms with van der Waals surface area (Å²) in [6, 6.07) is 25.2.